The van der Waals surface area contributed by atoms with E-state index in [1.807, 2.05) is 17.0 Å². The molecule has 1 amide bonds. The van der Waals surface area contributed by atoms with E-state index in [4.69, 9.17) is 4.42 Å². The van der Waals surface area contributed by atoms with Crippen molar-refractivity contribution < 1.29 is 14.3 Å². The number of carbonyl (C=O) groups is 1. The number of nitrogens with zero attached hydrogens (tertiary/aromatic N) is 3. The summed E-state index contributed by atoms with van der Waals surface area (Å²) in [6.45, 7) is 6.12. The second-order valence-corrected chi connectivity index (χ2v) is 6.27. The number of β-amino-alcohol motifs (C(OH)–C–C–N with tert-alkyl or cyclic N) is 1. The van der Waals surface area contributed by atoms with Gasteiger partial charge in [0.25, 0.3) is 0 Å². The van der Waals surface area contributed by atoms with Crippen LogP contribution in [0.2, 0.25) is 0 Å². The highest BCUT2D eigenvalue weighted by molar-refractivity contribution is 5.78. The lowest BCUT2D eigenvalue weighted by molar-refractivity contribution is -0.135. The van der Waals surface area contributed by atoms with Crippen molar-refractivity contribution in [3.8, 4) is 0 Å². The van der Waals surface area contributed by atoms with Crippen molar-refractivity contribution in [3.63, 3.8) is 0 Å². The first kappa shape index (κ1) is 15.5. The molecule has 0 bridgehead atoms. The molecule has 0 spiro atoms. The number of carbonyl (C=O) groups excluding carboxylic acids is 1. The Morgan fingerprint density at radius 1 is 1.23 bits per heavy atom. The first-order valence-electron chi connectivity index (χ1n) is 8.13. The van der Waals surface area contributed by atoms with Gasteiger partial charge in [0.1, 0.15) is 5.76 Å². The lowest BCUT2D eigenvalue weighted by Gasteiger charge is -2.36. The van der Waals surface area contributed by atoms with Gasteiger partial charge in [-0.25, -0.2) is 0 Å². The topological polar surface area (TPSA) is 60.2 Å². The first-order chi connectivity index (χ1) is 10.7. The highest BCUT2D eigenvalue weighted by Gasteiger charge is 2.25. The van der Waals surface area contributed by atoms with Crippen LogP contribution in [-0.4, -0.2) is 77.6 Å². The molecule has 3 heterocycles. The predicted octanol–water partition coefficient (Wildman–Crippen LogP) is 0.381. The molecule has 2 aliphatic rings. The third-order valence-corrected chi connectivity index (χ3v) is 4.52. The second kappa shape index (κ2) is 7.26. The molecule has 0 aromatic carbocycles. The van der Waals surface area contributed by atoms with Gasteiger partial charge in [0.05, 0.1) is 25.5 Å². The number of piperidine rings is 1. The number of hydrogen-bond acceptors (Lipinski definition) is 5. The molecule has 6 heteroatoms. The number of rotatable bonds is 4. The summed E-state index contributed by atoms with van der Waals surface area (Å²) in [4.78, 5) is 18.7. The molecule has 0 radical (unpaired) electrons. The van der Waals surface area contributed by atoms with E-state index in [0.717, 1.165) is 57.9 Å². The van der Waals surface area contributed by atoms with Crippen molar-refractivity contribution in [2.24, 2.45) is 0 Å². The Kier molecular flexibility index (Phi) is 5.12. The van der Waals surface area contributed by atoms with Crippen molar-refractivity contribution in [2.45, 2.75) is 25.5 Å². The molecule has 0 saturated carbocycles. The van der Waals surface area contributed by atoms with Crippen LogP contribution in [0, 0.1) is 0 Å². The van der Waals surface area contributed by atoms with Gasteiger partial charge in [-0.1, -0.05) is 0 Å². The molecular formula is C16H25N3O3. The van der Waals surface area contributed by atoms with Gasteiger partial charge in [-0.15, -0.1) is 0 Å². The minimum Gasteiger partial charge on any atom is -0.468 e. The Balaban J connectivity index is 1.41. The summed E-state index contributed by atoms with van der Waals surface area (Å²) >= 11 is 0. The van der Waals surface area contributed by atoms with E-state index in [0.29, 0.717) is 13.1 Å². The van der Waals surface area contributed by atoms with Gasteiger partial charge in [0.15, 0.2) is 0 Å². The zero-order chi connectivity index (χ0) is 15.4. The third kappa shape index (κ3) is 4.09. The van der Waals surface area contributed by atoms with E-state index < -0.39 is 0 Å². The molecule has 6 nitrogen and oxygen atoms in total. The zero-order valence-electron chi connectivity index (χ0n) is 13.0. The average molecular weight is 307 g/mol. The summed E-state index contributed by atoms with van der Waals surface area (Å²) in [5, 5.41) is 9.68. The molecule has 22 heavy (non-hydrogen) atoms. The Hall–Kier alpha value is -1.37. The Bertz CT molecular complexity index is 469. The first-order valence-corrected chi connectivity index (χ1v) is 8.13. The number of aliphatic hydroxyl groups is 1. The molecule has 3 rings (SSSR count). The molecule has 1 atom stereocenters. The predicted molar refractivity (Wildman–Crippen MR) is 82.2 cm³/mol. The molecule has 2 aliphatic heterocycles. The number of aliphatic hydroxyl groups excluding tert-OH is 1. The Labute approximate surface area is 131 Å². The number of hydrogen-bond donors (Lipinski definition) is 1. The van der Waals surface area contributed by atoms with Gasteiger partial charge in [0.2, 0.25) is 5.91 Å². The van der Waals surface area contributed by atoms with Crippen LogP contribution in [0.4, 0.5) is 0 Å². The van der Waals surface area contributed by atoms with Gasteiger partial charge in [-0.2, -0.15) is 0 Å². The Morgan fingerprint density at radius 3 is 2.73 bits per heavy atom. The lowest BCUT2D eigenvalue weighted by Crippen LogP contribution is -2.52. The van der Waals surface area contributed by atoms with Gasteiger partial charge in [-0.3, -0.25) is 14.6 Å². The van der Waals surface area contributed by atoms with Crippen LogP contribution in [0.5, 0.6) is 0 Å². The normalized spacial score (nSPS) is 24.6. The largest absolute Gasteiger partial charge is 0.468 e. The molecule has 1 aromatic heterocycles. The highest BCUT2D eigenvalue weighted by Crippen LogP contribution is 2.12. The number of furan rings is 1. The summed E-state index contributed by atoms with van der Waals surface area (Å²) in [5.74, 6) is 1.16. The molecule has 0 unspecified atom stereocenters. The molecule has 2 saturated heterocycles. The summed E-state index contributed by atoms with van der Waals surface area (Å²) in [6.07, 6.45) is 3.26. The molecule has 122 valence electrons. The lowest BCUT2D eigenvalue weighted by atomic mass is 10.1. The molecule has 1 N–H and O–H groups in total. The fraction of sp³-hybridized carbons (Fsp3) is 0.688. The van der Waals surface area contributed by atoms with Crippen LogP contribution in [0.15, 0.2) is 22.8 Å². The van der Waals surface area contributed by atoms with E-state index in [1.165, 1.54) is 0 Å². The van der Waals surface area contributed by atoms with Gasteiger partial charge in [-0.05, 0) is 31.5 Å². The van der Waals surface area contributed by atoms with Crippen LogP contribution in [0.25, 0.3) is 0 Å². The van der Waals surface area contributed by atoms with Gasteiger partial charge in [0, 0.05) is 32.7 Å². The van der Waals surface area contributed by atoms with Crippen molar-refractivity contribution in [2.75, 3.05) is 45.8 Å². The standard InChI is InChI=1S/C16H25N3O3/c20-14-3-1-5-18(11-14)13-16(21)19-8-6-17(7-9-19)12-15-4-2-10-22-15/h2,4,10,14,20H,1,3,5-9,11-13H2/t14-/m1/s1. The minimum absolute atomic E-state index is 0.187. The zero-order valence-corrected chi connectivity index (χ0v) is 13.0. The SMILES string of the molecule is O=C(CN1CCC[C@@H](O)C1)N1CCN(Cc2ccco2)CC1. The van der Waals surface area contributed by atoms with Crippen LogP contribution < -0.4 is 0 Å². The fourth-order valence-electron chi connectivity index (χ4n) is 3.24. The van der Waals surface area contributed by atoms with E-state index in [1.54, 1.807) is 6.26 Å². The number of amides is 1. The summed E-state index contributed by atoms with van der Waals surface area (Å²) in [7, 11) is 0. The summed E-state index contributed by atoms with van der Waals surface area (Å²) < 4.78 is 5.37. The molecular weight excluding hydrogens is 282 g/mol. The minimum atomic E-state index is -0.272. The maximum atomic E-state index is 12.4. The monoisotopic (exact) mass is 307 g/mol. The van der Waals surface area contributed by atoms with Crippen molar-refractivity contribution in [1.29, 1.82) is 0 Å². The third-order valence-electron chi connectivity index (χ3n) is 4.52. The van der Waals surface area contributed by atoms with Crippen LogP contribution in [-0.2, 0) is 11.3 Å². The fourth-order valence-corrected chi connectivity index (χ4v) is 3.24. The molecule has 2 fully saturated rings. The van der Waals surface area contributed by atoms with E-state index in [9.17, 15) is 9.90 Å². The smallest absolute Gasteiger partial charge is 0.236 e. The van der Waals surface area contributed by atoms with Crippen molar-refractivity contribution >= 4 is 5.91 Å². The quantitative estimate of drug-likeness (QED) is 0.871. The molecule has 0 aliphatic carbocycles. The number of likely N-dealkylation sites (tertiary alicyclic amines) is 1. The summed E-state index contributed by atoms with van der Waals surface area (Å²) in [5.41, 5.74) is 0. The van der Waals surface area contributed by atoms with Crippen LogP contribution in [0.1, 0.15) is 18.6 Å². The van der Waals surface area contributed by atoms with E-state index >= 15 is 0 Å². The van der Waals surface area contributed by atoms with Gasteiger partial charge >= 0.3 is 0 Å². The number of piperazine rings is 1. The van der Waals surface area contributed by atoms with E-state index in [-0.39, 0.29) is 12.0 Å². The maximum Gasteiger partial charge on any atom is 0.236 e. The van der Waals surface area contributed by atoms with Gasteiger partial charge < -0.3 is 14.4 Å². The highest BCUT2D eigenvalue weighted by atomic mass is 16.3. The average Bonchev–Trinajstić information content (AvgIpc) is 3.01. The molecule has 1 aromatic rings. The van der Waals surface area contributed by atoms with Crippen LogP contribution >= 0.6 is 0 Å². The maximum absolute atomic E-state index is 12.4. The van der Waals surface area contributed by atoms with Crippen molar-refractivity contribution in [3.05, 3.63) is 24.2 Å². The Morgan fingerprint density at radius 2 is 2.05 bits per heavy atom. The van der Waals surface area contributed by atoms with Crippen molar-refractivity contribution in [1.82, 2.24) is 14.7 Å². The van der Waals surface area contributed by atoms with Crippen LogP contribution in [0.3, 0.4) is 0 Å². The second-order valence-electron chi connectivity index (χ2n) is 6.27. The van der Waals surface area contributed by atoms with E-state index in [2.05, 4.69) is 9.80 Å². The summed E-state index contributed by atoms with van der Waals surface area (Å²) in [6, 6.07) is 3.89.